The summed E-state index contributed by atoms with van der Waals surface area (Å²) in [5.41, 5.74) is 3.46. The average Bonchev–Trinajstić information content (AvgIpc) is 2.79. The monoisotopic (exact) mass is 252 g/mol. The van der Waals surface area contributed by atoms with Gasteiger partial charge in [-0.1, -0.05) is 0 Å². The minimum absolute atomic E-state index is 0.286. The van der Waals surface area contributed by atoms with Gasteiger partial charge in [0.25, 0.3) is 0 Å². The molecule has 0 spiro atoms. The molecule has 0 saturated heterocycles. The zero-order valence-electron chi connectivity index (χ0n) is 9.44. The van der Waals surface area contributed by atoms with Crippen molar-refractivity contribution in [1.82, 2.24) is 10.3 Å². The number of halogens is 1. The van der Waals surface area contributed by atoms with Crippen molar-refractivity contribution < 1.29 is 9.13 Å². The van der Waals surface area contributed by atoms with Crippen LogP contribution < -0.4 is 10.1 Å². The first-order chi connectivity index (χ1) is 8.28. The van der Waals surface area contributed by atoms with Crippen LogP contribution in [0.3, 0.4) is 0 Å². The van der Waals surface area contributed by atoms with Crippen LogP contribution in [-0.2, 0) is 13.2 Å². The van der Waals surface area contributed by atoms with Crippen molar-refractivity contribution >= 4 is 11.3 Å². The smallest absolute Gasteiger partial charge is 0.131 e. The Balaban J connectivity index is 2.04. The summed E-state index contributed by atoms with van der Waals surface area (Å²) < 4.78 is 18.8. The molecule has 90 valence electrons. The van der Waals surface area contributed by atoms with Gasteiger partial charge in [-0.15, -0.1) is 11.3 Å². The van der Waals surface area contributed by atoms with E-state index in [9.17, 15) is 4.39 Å². The van der Waals surface area contributed by atoms with Crippen LogP contribution in [0.25, 0.3) is 0 Å². The molecule has 2 rings (SSSR count). The first-order valence-corrected chi connectivity index (χ1v) is 6.16. The van der Waals surface area contributed by atoms with E-state index in [0.29, 0.717) is 18.9 Å². The number of aromatic nitrogens is 1. The predicted octanol–water partition coefficient (Wildman–Crippen LogP) is 2.58. The molecule has 1 N–H and O–H groups in total. The van der Waals surface area contributed by atoms with Crippen molar-refractivity contribution in [1.29, 1.82) is 0 Å². The van der Waals surface area contributed by atoms with Crippen LogP contribution in [0.2, 0.25) is 0 Å². The fraction of sp³-hybridized carbons (Fsp3) is 0.250. The maximum Gasteiger partial charge on any atom is 0.131 e. The van der Waals surface area contributed by atoms with Gasteiger partial charge < -0.3 is 10.1 Å². The Bertz CT molecular complexity index is 473. The third kappa shape index (κ3) is 3.51. The SMILES string of the molecule is CNCc1cc(F)cc(OCc2cscn2)c1. The van der Waals surface area contributed by atoms with Gasteiger partial charge in [0.15, 0.2) is 0 Å². The molecule has 0 saturated carbocycles. The Morgan fingerprint density at radius 2 is 2.29 bits per heavy atom. The van der Waals surface area contributed by atoms with E-state index in [4.69, 9.17) is 4.74 Å². The molecule has 0 atom stereocenters. The number of ether oxygens (including phenoxy) is 1. The lowest BCUT2D eigenvalue weighted by Crippen LogP contribution is -2.06. The minimum atomic E-state index is -0.286. The van der Waals surface area contributed by atoms with E-state index in [1.807, 2.05) is 18.5 Å². The highest BCUT2D eigenvalue weighted by molar-refractivity contribution is 7.07. The van der Waals surface area contributed by atoms with E-state index < -0.39 is 0 Å². The second kappa shape index (κ2) is 5.75. The van der Waals surface area contributed by atoms with Crippen molar-refractivity contribution in [3.63, 3.8) is 0 Å². The van der Waals surface area contributed by atoms with Crippen molar-refractivity contribution in [2.75, 3.05) is 7.05 Å². The maximum atomic E-state index is 13.3. The molecular weight excluding hydrogens is 239 g/mol. The Hall–Kier alpha value is -1.46. The largest absolute Gasteiger partial charge is 0.487 e. The van der Waals surface area contributed by atoms with Crippen LogP contribution in [-0.4, -0.2) is 12.0 Å². The third-order valence-corrected chi connectivity index (χ3v) is 2.82. The lowest BCUT2D eigenvalue weighted by atomic mass is 10.2. The standard InChI is InChI=1S/C12H13FN2OS/c1-14-5-9-2-10(13)4-12(3-9)16-6-11-7-17-8-15-11/h2-4,7-8,14H,5-6H2,1H3. The minimum Gasteiger partial charge on any atom is -0.487 e. The fourth-order valence-electron chi connectivity index (χ4n) is 1.48. The van der Waals surface area contributed by atoms with Crippen molar-refractivity contribution in [2.45, 2.75) is 13.2 Å². The molecule has 5 heteroatoms. The first-order valence-electron chi connectivity index (χ1n) is 5.22. The Morgan fingerprint density at radius 1 is 1.41 bits per heavy atom. The molecule has 17 heavy (non-hydrogen) atoms. The second-order valence-corrected chi connectivity index (χ2v) is 4.31. The summed E-state index contributed by atoms with van der Waals surface area (Å²) in [6.45, 7) is 0.983. The summed E-state index contributed by atoms with van der Waals surface area (Å²) in [6, 6.07) is 4.70. The summed E-state index contributed by atoms with van der Waals surface area (Å²) >= 11 is 1.51. The fourth-order valence-corrected chi connectivity index (χ4v) is 2.02. The van der Waals surface area contributed by atoms with Crippen LogP contribution >= 0.6 is 11.3 Å². The molecule has 1 aromatic carbocycles. The highest BCUT2D eigenvalue weighted by Crippen LogP contribution is 2.17. The second-order valence-electron chi connectivity index (χ2n) is 3.59. The zero-order valence-corrected chi connectivity index (χ0v) is 10.3. The Kier molecular flexibility index (Phi) is 4.06. The number of thiazole rings is 1. The van der Waals surface area contributed by atoms with Crippen molar-refractivity contribution in [2.24, 2.45) is 0 Å². The summed E-state index contributed by atoms with van der Waals surface area (Å²) in [5, 5.41) is 4.89. The molecular formula is C12H13FN2OS. The quantitative estimate of drug-likeness (QED) is 0.888. The number of rotatable bonds is 5. The molecule has 0 bridgehead atoms. The molecule has 1 aromatic heterocycles. The molecule has 0 aliphatic heterocycles. The summed E-state index contributed by atoms with van der Waals surface area (Å²) in [4.78, 5) is 4.10. The number of hydrogen-bond acceptors (Lipinski definition) is 4. The van der Waals surface area contributed by atoms with E-state index in [1.54, 1.807) is 5.51 Å². The van der Waals surface area contributed by atoms with Gasteiger partial charge in [0.1, 0.15) is 18.2 Å². The molecule has 3 nitrogen and oxygen atoms in total. The van der Waals surface area contributed by atoms with Crippen LogP contribution in [0.4, 0.5) is 4.39 Å². The van der Waals surface area contributed by atoms with Crippen LogP contribution in [0.5, 0.6) is 5.75 Å². The Labute approximate surface area is 103 Å². The molecule has 0 radical (unpaired) electrons. The van der Waals surface area contributed by atoms with E-state index in [1.165, 1.54) is 23.5 Å². The van der Waals surface area contributed by atoms with Gasteiger partial charge in [-0.3, -0.25) is 0 Å². The zero-order chi connectivity index (χ0) is 12.1. The third-order valence-electron chi connectivity index (χ3n) is 2.18. The number of hydrogen-bond donors (Lipinski definition) is 1. The van der Waals surface area contributed by atoms with Gasteiger partial charge in [-0.2, -0.15) is 0 Å². The highest BCUT2D eigenvalue weighted by atomic mass is 32.1. The Morgan fingerprint density at radius 3 is 3.00 bits per heavy atom. The van der Waals surface area contributed by atoms with Gasteiger partial charge in [0.05, 0.1) is 11.2 Å². The lowest BCUT2D eigenvalue weighted by molar-refractivity contribution is 0.300. The molecule has 0 amide bonds. The molecule has 0 aliphatic carbocycles. The maximum absolute atomic E-state index is 13.3. The predicted molar refractivity (Wildman–Crippen MR) is 65.6 cm³/mol. The summed E-state index contributed by atoms with van der Waals surface area (Å²) in [7, 11) is 1.82. The number of nitrogens with one attached hydrogen (secondary N) is 1. The normalized spacial score (nSPS) is 10.5. The summed E-state index contributed by atoms with van der Waals surface area (Å²) in [6.07, 6.45) is 0. The molecule has 0 fully saturated rings. The number of nitrogens with zero attached hydrogens (tertiary/aromatic N) is 1. The van der Waals surface area contributed by atoms with Gasteiger partial charge >= 0.3 is 0 Å². The van der Waals surface area contributed by atoms with Crippen LogP contribution in [0, 0.1) is 5.82 Å². The average molecular weight is 252 g/mol. The van der Waals surface area contributed by atoms with Gasteiger partial charge in [0.2, 0.25) is 0 Å². The van der Waals surface area contributed by atoms with Gasteiger partial charge in [-0.25, -0.2) is 9.37 Å². The van der Waals surface area contributed by atoms with Crippen LogP contribution in [0.1, 0.15) is 11.3 Å². The van der Waals surface area contributed by atoms with Crippen molar-refractivity contribution in [3.05, 3.63) is 46.2 Å². The molecule has 1 heterocycles. The summed E-state index contributed by atoms with van der Waals surface area (Å²) in [5.74, 6) is 0.245. The molecule has 0 aliphatic rings. The highest BCUT2D eigenvalue weighted by Gasteiger charge is 2.02. The molecule has 0 unspecified atom stereocenters. The van der Waals surface area contributed by atoms with Gasteiger partial charge in [-0.05, 0) is 24.7 Å². The lowest BCUT2D eigenvalue weighted by Gasteiger charge is -2.07. The van der Waals surface area contributed by atoms with E-state index in [2.05, 4.69) is 10.3 Å². The van der Waals surface area contributed by atoms with Crippen molar-refractivity contribution in [3.8, 4) is 5.75 Å². The van der Waals surface area contributed by atoms with E-state index in [-0.39, 0.29) is 5.82 Å². The molecule has 2 aromatic rings. The van der Waals surface area contributed by atoms with Gasteiger partial charge in [0, 0.05) is 18.0 Å². The number of benzene rings is 1. The first kappa shape index (κ1) is 12.0. The van der Waals surface area contributed by atoms with E-state index in [0.717, 1.165) is 11.3 Å². The van der Waals surface area contributed by atoms with Crippen LogP contribution in [0.15, 0.2) is 29.1 Å². The van der Waals surface area contributed by atoms with E-state index >= 15 is 0 Å². The topological polar surface area (TPSA) is 34.1 Å².